The fourth-order valence-corrected chi connectivity index (χ4v) is 8.55. The van der Waals surface area contributed by atoms with Crippen molar-refractivity contribution in [3.8, 4) is 0 Å². The molecule has 0 bridgehead atoms. The van der Waals surface area contributed by atoms with Crippen molar-refractivity contribution >= 4 is 23.2 Å². The molecule has 1 nitrogen and oxygen atoms in total. The third-order valence-electron chi connectivity index (χ3n) is 5.15. The Kier molecular flexibility index (Phi) is 5.67. The predicted molar refractivity (Wildman–Crippen MR) is 121 cm³/mol. The van der Waals surface area contributed by atoms with Gasteiger partial charge in [0.2, 0.25) is 5.85 Å². The standard InChI is InChI=1S/C26H24OP/c1-27-26(22-14-6-2-7-15-22)28(23-16-8-3-9-17-23,24-18-10-4-11-19-24)25-20-12-5-13-21-25/h2-21,26H,1H3/q+1. The van der Waals surface area contributed by atoms with Gasteiger partial charge in [-0.25, -0.2) is 0 Å². The van der Waals surface area contributed by atoms with Gasteiger partial charge in [-0.3, -0.25) is 0 Å². The Hall–Kier alpha value is -2.73. The first-order valence-corrected chi connectivity index (χ1v) is 11.4. The summed E-state index contributed by atoms with van der Waals surface area (Å²) in [6, 6.07) is 43.2. The molecule has 1 unspecified atom stereocenters. The quantitative estimate of drug-likeness (QED) is 0.409. The van der Waals surface area contributed by atoms with Gasteiger partial charge in [-0.2, -0.15) is 0 Å². The van der Waals surface area contributed by atoms with Crippen LogP contribution in [0.1, 0.15) is 11.4 Å². The highest BCUT2D eigenvalue weighted by Gasteiger charge is 2.53. The van der Waals surface area contributed by atoms with Crippen LogP contribution < -0.4 is 15.9 Å². The molecule has 1 atom stereocenters. The zero-order valence-corrected chi connectivity index (χ0v) is 16.9. The lowest BCUT2D eigenvalue weighted by atomic mass is 10.2. The van der Waals surface area contributed by atoms with Crippen molar-refractivity contribution in [2.45, 2.75) is 5.85 Å². The second-order valence-corrected chi connectivity index (χ2v) is 10.2. The van der Waals surface area contributed by atoms with Crippen LogP contribution in [0.5, 0.6) is 0 Å². The van der Waals surface area contributed by atoms with E-state index in [1.54, 1.807) is 0 Å². The van der Waals surface area contributed by atoms with E-state index in [-0.39, 0.29) is 5.85 Å². The van der Waals surface area contributed by atoms with Crippen LogP contribution in [-0.4, -0.2) is 7.11 Å². The summed E-state index contributed by atoms with van der Waals surface area (Å²) in [7, 11) is -0.273. The van der Waals surface area contributed by atoms with E-state index in [2.05, 4.69) is 121 Å². The molecule has 0 fully saturated rings. The van der Waals surface area contributed by atoms with Crippen LogP contribution in [0.4, 0.5) is 0 Å². The molecule has 0 N–H and O–H groups in total. The lowest BCUT2D eigenvalue weighted by Gasteiger charge is -2.33. The normalized spacial score (nSPS) is 12.5. The van der Waals surface area contributed by atoms with Crippen LogP contribution in [0, 0.1) is 0 Å². The first-order chi connectivity index (χ1) is 13.9. The molecule has 0 saturated heterocycles. The highest BCUT2D eigenvalue weighted by molar-refractivity contribution is 7.95. The van der Waals surface area contributed by atoms with Crippen molar-refractivity contribution in [1.82, 2.24) is 0 Å². The fourth-order valence-electron chi connectivity index (χ4n) is 3.98. The summed E-state index contributed by atoms with van der Waals surface area (Å²) in [5, 5.41) is 3.97. The highest BCUT2D eigenvalue weighted by atomic mass is 31.2. The maximum Gasteiger partial charge on any atom is 0.206 e. The minimum Gasteiger partial charge on any atom is -0.342 e. The van der Waals surface area contributed by atoms with Gasteiger partial charge >= 0.3 is 0 Å². The van der Waals surface area contributed by atoms with E-state index < -0.39 is 7.26 Å². The summed E-state index contributed by atoms with van der Waals surface area (Å²) in [6.07, 6.45) is 0. The molecule has 0 spiro atoms. The van der Waals surface area contributed by atoms with E-state index in [1.165, 1.54) is 21.5 Å². The molecule has 0 aliphatic carbocycles. The van der Waals surface area contributed by atoms with Crippen molar-refractivity contribution in [2.75, 3.05) is 7.11 Å². The summed E-state index contributed by atoms with van der Waals surface area (Å²) >= 11 is 0. The molecule has 0 saturated carbocycles. The zero-order chi connectivity index (χ0) is 19.2. The van der Waals surface area contributed by atoms with Crippen molar-refractivity contribution in [3.63, 3.8) is 0 Å². The number of methoxy groups -OCH3 is 1. The number of hydrogen-bond acceptors (Lipinski definition) is 1. The Bertz CT molecular complexity index is 889. The van der Waals surface area contributed by atoms with Crippen LogP contribution >= 0.6 is 7.26 Å². The van der Waals surface area contributed by atoms with Crippen LogP contribution in [0.25, 0.3) is 0 Å². The summed E-state index contributed by atoms with van der Waals surface area (Å²) in [6.45, 7) is 0. The van der Waals surface area contributed by atoms with Crippen molar-refractivity contribution in [2.24, 2.45) is 0 Å². The smallest absolute Gasteiger partial charge is 0.206 e. The molecule has 0 aromatic heterocycles. The van der Waals surface area contributed by atoms with Gasteiger partial charge in [-0.05, 0) is 36.4 Å². The molecule has 4 aromatic rings. The second-order valence-electron chi connectivity index (χ2n) is 6.73. The predicted octanol–water partition coefficient (Wildman–Crippen LogP) is 5.33. The number of benzene rings is 4. The van der Waals surface area contributed by atoms with Gasteiger partial charge in [0.1, 0.15) is 23.2 Å². The largest absolute Gasteiger partial charge is 0.342 e. The average molecular weight is 383 g/mol. The lowest BCUT2D eigenvalue weighted by Crippen LogP contribution is -2.35. The lowest BCUT2D eigenvalue weighted by molar-refractivity contribution is 0.171. The third-order valence-corrected chi connectivity index (χ3v) is 9.70. The SMILES string of the molecule is COC(c1ccccc1)[P+](c1ccccc1)(c1ccccc1)c1ccccc1. The summed E-state index contributed by atoms with van der Waals surface area (Å²) in [4.78, 5) is 0. The van der Waals surface area contributed by atoms with Gasteiger partial charge in [-0.15, -0.1) is 0 Å². The molecule has 0 amide bonds. The molecule has 0 aliphatic rings. The van der Waals surface area contributed by atoms with E-state index in [1.807, 2.05) is 7.11 Å². The topological polar surface area (TPSA) is 9.23 Å². The number of hydrogen-bond donors (Lipinski definition) is 0. The maximum absolute atomic E-state index is 6.31. The van der Waals surface area contributed by atoms with Crippen LogP contribution in [-0.2, 0) is 4.74 Å². The molecule has 28 heavy (non-hydrogen) atoms. The van der Waals surface area contributed by atoms with Crippen LogP contribution in [0.2, 0.25) is 0 Å². The Labute approximate surface area is 168 Å². The molecule has 0 heterocycles. The summed E-state index contributed by atoms with van der Waals surface area (Å²) in [5.41, 5.74) is 1.20. The van der Waals surface area contributed by atoms with Gasteiger partial charge in [0.25, 0.3) is 0 Å². The maximum atomic E-state index is 6.31. The third kappa shape index (κ3) is 3.29. The second kappa shape index (κ2) is 8.52. The van der Waals surface area contributed by atoms with E-state index in [4.69, 9.17) is 4.74 Å². The molecule has 4 aromatic carbocycles. The molecule has 2 heteroatoms. The molecular formula is C26H24OP+. The van der Waals surface area contributed by atoms with Crippen LogP contribution in [0.3, 0.4) is 0 Å². The molecule has 138 valence electrons. The van der Waals surface area contributed by atoms with Gasteiger partial charge in [0.15, 0.2) is 0 Å². The summed E-state index contributed by atoms with van der Waals surface area (Å²) < 4.78 is 6.31. The van der Waals surface area contributed by atoms with Crippen molar-refractivity contribution in [1.29, 1.82) is 0 Å². The van der Waals surface area contributed by atoms with Gasteiger partial charge < -0.3 is 4.74 Å². The highest BCUT2D eigenvalue weighted by Crippen LogP contribution is 2.66. The van der Waals surface area contributed by atoms with Gasteiger partial charge in [0.05, 0.1) is 0 Å². The fraction of sp³-hybridized carbons (Fsp3) is 0.0769. The Morgan fingerprint density at radius 2 is 0.821 bits per heavy atom. The van der Waals surface area contributed by atoms with Gasteiger partial charge in [0, 0.05) is 12.7 Å². The summed E-state index contributed by atoms with van der Waals surface area (Å²) in [5.74, 6) is -0.0686. The van der Waals surface area contributed by atoms with Crippen LogP contribution in [0.15, 0.2) is 121 Å². The first kappa shape index (κ1) is 18.6. The number of ether oxygens (including phenoxy) is 1. The minimum atomic E-state index is -2.11. The number of rotatable bonds is 6. The monoisotopic (exact) mass is 383 g/mol. The van der Waals surface area contributed by atoms with Crippen molar-refractivity contribution < 1.29 is 4.74 Å². The minimum absolute atomic E-state index is 0.0686. The molecular weight excluding hydrogens is 359 g/mol. The average Bonchev–Trinajstić information content (AvgIpc) is 2.80. The van der Waals surface area contributed by atoms with E-state index in [0.29, 0.717) is 0 Å². The zero-order valence-electron chi connectivity index (χ0n) is 16.0. The van der Waals surface area contributed by atoms with Gasteiger partial charge in [-0.1, -0.05) is 84.9 Å². The first-order valence-electron chi connectivity index (χ1n) is 9.50. The van der Waals surface area contributed by atoms with E-state index in [9.17, 15) is 0 Å². The molecule has 4 rings (SSSR count). The molecule has 0 radical (unpaired) electrons. The van der Waals surface area contributed by atoms with Crippen molar-refractivity contribution in [3.05, 3.63) is 127 Å². The molecule has 0 aliphatic heterocycles. The Morgan fingerprint density at radius 1 is 0.500 bits per heavy atom. The van der Waals surface area contributed by atoms with E-state index in [0.717, 1.165) is 0 Å². The Balaban J connectivity index is 2.10. The Morgan fingerprint density at radius 3 is 1.14 bits per heavy atom. The van der Waals surface area contributed by atoms with E-state index >= 15 is 0 Å².